The second-order valence-corrected chi connectivity index (χ2v) is 31.9. The Hall–Kier alpha value is -2.24. The lowest BCUT2D eigenvalue weighted by molar-refractivity contribution is -0.403. The number of fused-ring (bicyclic) bond motifs is 4. The zero-order valence-electron chi connectivity index (χ0n) is 54.3. The summed E-state index contributed by atoms with van der Waals surface area (Å²) in [5.41, 5.74) is -0.396. The van der Waals surface area contributed by atoms with Crippen molar-refractivity contribution in [3.63, 3.8) is 0 Å². The first kappa shape index (κ1) is 76.4. The summed E-state index contributed by atoms with van der Waals surface area (Å²) in [4.78, 5) is 14.5. The van der Waals surface area contributed by atoms with Crippen LogP contribution in [0.2, 0.25) is 0 Å². The Kier molecular flexibility index (Phi) is 22.6. The lowest BCUT2D eigenvalue weighted by atomic mass is 9.41. The molecule has 552 valence electrons. The van der Waals surface area contributed by atoms with Gasteiger partial charge < -0.3 is 103 Å². The van der Waals surface area contributed by atoms with E-state index in [4.69, 9.17) is 61.0 Å². The summed E-state index contributed by atoms with van der Waals surface area (Å²) >= 11 is 0. The predicted octanol–water partition coefficient (Wildman–Crippen LogP) is -1.44. The van der Waals surface area contributed by atoms with Gasteiger partial charge in [-0.25, -0.2) is 12.5 Å². The molecule has 6 aliphatic heterocycles. The van der Waals surface area contributed by atoms with Gasteiger partial charge in [0.2, 0.25) is 0 Å². The lowest BCUT2D eigenvalue weighted by Crippen LogP contribution is -2.68. The lowest BCUT2D eigenvalue weighted by Gasteiger charge is -2.64. The standard InChI is InChI=1S/C59H94O34S3/c1-25(2)11-10-17-58(8)34-15-19-57(7)28-12-13-33-55(4,5)35(16-18-56(33,6)27(28)14-20-59(34,57)54(69)92-58)87-52-47(39(64)32(22-81-52)93-96(76,77)78)91-53-48(90-49-40(65)36(61)29(60)21-80-49)41(66)44(26(3)84-53)88-51-43(68)46(38(63)31(86-51)24-83-95(73,74)75)89-50-42(67)45(79-9)37(62)30(85-50)23-82-94(70,71)72/h12,26-27,29-53,60-68H,1,10-11,13-24H2,2-9H3,(H,70,71,72)(H,73,74,75)(H,76,77,78)/t26?,27?,29?,30?,31?,32?,33?,34?,35?,36?,37?,38?,39?,40?,41?,42?,43?,44?,45?,46?,47?,48?,49?,50?,51?,52?,53?,56-,57+,58+,59?/m1/s1. The van der Waals surface area contributed by atoms with Crippen molar-refractivity contribution in [3.8, 4) is 0 Å². The minimum Gasteiger partial charge on any atom is -0.459 e. The van der Waals surface area contributed by atoms with E-state index in [1.54, 1.807) is 0 Å². The van der Waals surface area contributed by atoms with Crippen molar-refractivity contribution in [2.24, 2.45) is 39.4 Å². The van der Waals surface area contributed by atoms with Gasteiger partial charge in [-0.15, -0.1) is 6.58 Å². The highest BCUT2D eigenvalue weighted by Gasteiger charge is 2.76. The molecule has 3 saturated carbocycles. The van der Waals surface area contributed by atoms with Crippen LogP contribution in [0.4, 0.5) is 0 Å². The number of aliphatic hydroxyl groups excluding tert-OH is 9. The van der Waals surface area contributed by atoms with Gasteiger partial charge in [-0.1, -0.05) is 44.9 Å². The Morgan fingerprint density at radius 2 is 1.18 bits per heavy atom. The largest absolute Gasteiger partial charge is 0.459 e. The molecule has 6 saturated heterocycles. The fraction of sp³-hybridized carbons (Fsp3) is 0.915. The first-order valence-electron chi connectivity index (χ1n) is 32.2. The van der Waals surface area contributed by atoms with Crippen molar-refractivity contribution in [1.29, 1.82) is 0 Å². The van der Waals surface area contributed by atoms with E-state index in [9.17, 15) is 89.7 Å². The Balaban J connectivity index is 0.917. The first-order chi connectivity index (χ1) is 44.6. The van der Waals surface area contributed by atoms with Gasteiger partial charge in [-0.2, -0.15) is 25.3 Å². The molecule has 9 fully saturated rings. The quantitative estimate of drug-likeness (QED) is 0.0317. The third-order valence-corrected chi connectivity index (χ3v) is 23.9. The first-order valence-corrected chi connectivity index (χ1v) is 36.3. The molecular weight excluding hydrogens is 1350 g/mol. The van der Waals surface area contributed by atoms with Crippen LogP contribution in [0.5, 0.6) is 0 Å². The molecular formula is C59H94O34S3. The third-order valence-electron chi connectivity index (χ3n) is 22.5. The number of hydrogen-bond acceptors (Lipinski definition) is 31. The van der Waals surface area contributed by atoms with Crippen molar-refractivity contribution < 1.29 is 159 Å². The summed E-state index contributed by atoms with van der Waals surface area (Å²) in [5.74, 6) is -0.0410. The highest BCUT2D eigenvalue weighted by atomic mass is 32.3. The van der Waals surface area contributed by atoms with Crippen molar-refractivity contribution in [2.45, 2.75) is 266 Å². The number of cyclic esters (lactones) is 1. The normalized spacial score (nSPS) is 48.2. The van der Waals surface area contributed by atoms with Crippen molar-refractivity contribution in [1.82, 2.24) is 0 Å². The Bertz CT molecular complexity index is 3160. The van der Waals surface area contributed by atoms with Crippen molar-refractivity contribution >= 4 is 37.2 Å². The number of carbonyl (C=O) groups excluding carboxylic acids is 1. The van der Waals surface area contributed by atoms with Crippen LogP contribution in [0.3, 0.4) is 0 Å². The van der Waals surface area contributed by atoms with Crippen LogP contribution >= 0.6 is 0 Å². The minimum atomic E-state index is -5.32. The summed E-state index contributed by atoms with van der Waals surface area (Å²) in [7, 11) is -14.8. The summed E-state index contributed by atoms with van der Waals surface area (Å²) in [6.45, 7) is 14.3. The summed E-state index contributed by atoms with van der Waals surface area (Å²) in [6, 6.07) is 0. The van der Waals surface area contributed by atoms with Gasteiger partial charge in [0, 0.05) is 18.4 Å². The number of allylic oxidation sites excluding steroid dienone is 3. The highest BCUT2D eigenvalue weighted by Crippen LogP contribution is 2.76. The van der Waals surface area contributed by atoms with Crippen LogP contribution < -0.4 is 0 Å². The second kappa shape index (κ2) is 28.4. The van der Waals surface area contributed by atoms with E-state index in [1.807, 2.05) is 6.92 Å². The molecule has 0 radical (unpaired) electrons. The van der Waals surface area contributed by atoms with Gasteiger partial charge >= 0.3 is 37.2 Å². The number of carbonyl (C=O) groups is 1. The predicted molar refractivity (Wildman–Crippen MR) is 318 cm³/mol. The number of hydrogen-bond donors (Lipinski definition) is 12. The molecule has 0 amide bonds. The van der Waals surface area contributed by atoms with Gasteiger partial charge in [-0.05, 0) is 108 Å². The molecule has 12 N–H and O–H groups in total. The monoisotopic (exact) mass is 1440 g/mol. The molecule has 10 rings (SSSR count). The molecule has 28 unspecified atom stereocenters. The van der Waals surface area contributed by atoms with Crippen molar-refractivity contribution in [2.75, 3.05) is 33.5 Å². The van der Waals surface area contributed by atoms with E-state index in [-0.39, 0.29) is 29.1 Å². The molecule has 4 aliphatic carbocycles. The molecule has 96 heavy (non-hydrogen) atoms. The van der Waals surface area contributed by atoms with E-state index >= 15 is 0 Å². The number of methoxy groups -OCH3 is 1. The maximum Gasteiger partial charge on any atom is 0.397 e. The van der Waals surface area contributed by atoms with E-state index < -0.39 is 227 Å². The van der Waals surface area contributed by atoms with E-state index in [0.717, 1.165) is 51.2 Å². The molecule has 10 aliphatic rings. The molecule has 1 spiro atoms. The molecule has 0 bridgehead atoms. The molecule has 0 aromatic rings. The Morgan fingerprint density at radius 1 is 0.604 bits per heavy atom. The maximum atomic E-state index is 14.5. The van der Waals surface area contributed by atoms with Gasteiger partial charge in [0.05, 0.1) is 44.1 Å². The van der Waals surface area contributed by atoms with Crippen LogP contribution in [-0.4, -0.2) is 277 Å². The van der Waals surface area contributed by atoms with Gasteiger partial charge in [0.15, 0.2) is 31.5 Å². The third kappa shape index (κ3) is 14.7. The highest BCUT2D eigenvalue weighted by molar-refractivity contribution is 7.81. The van der Waals surface area contributed by atoms with Gasteiger partial charge in [0.25, 0.3) is 0 Å². The molecule has 34 nitrogen and oxygen atoms in total. The average Bonchev–Trinajstić information content (AvgIpc) is 1.47. The summed E-state index contributed by atoms with van der Waals surface area (Å²) in [6.07, 6.45) is -36.7. The van der Waals surface area contributed by atoms with Gasteiger partial charge in [-0.3, -0.25) is 18.5 Å². The summed E-state index contributed by atoms with van der Waals surface area (Å²) < 4.78 is 186. The number of rotatable bonds is 23. The Labute approximate surface area is 556 Å². The fourth-order valence-corrected chi connectivity index (χ4v) is 18.8. The topological polar surface area (TPSA) is 501 Å². The average molecular weight is 1440 g/mol. The van der Waals surface area contributed by atoms with Crippen LogP contribution in [0.15, 0.2) is 23.8 Å². The smallest absolute Gasteiger partial charge is 0.397 e. The number of esters is 1. The maximum absolute atomic E-state index is 14.5. The molecule has 6 heterocycles. The molecule has 0 aromatic carbocycles. The van der Waals surface area contributed by atoms with Crippen LogP contribution in [0, 0.1) is 39.4 Å². The molecule has 0 aromatic heterocycles. The molecule has 37 heteroatoms. The zero-order chi connectivity index (χ0) is 70.5. The Morgan fingerprint density at radius 3 is 1.78 bits per heavy atom. The van der Waals surface area contributed by atoms with Crippen LogP contribution in [-0.2, 0) is 105 Å². The van der Waals surface area contributed by atoms with Gasteiger partial charge in [0.1, 0.15) is 109 Å². The minimum absolute atomic E-state index is 0.0451. The fourth-order valence-electron chi connectivity index (χ4n) is 17.7. The van der Waals surface area contributed by atoms with Crippen LogP contribution in [0.1, 0.15) is 113 Å². The molecule has 31 atom stereocenters. The van der Waals surface area contributed by atoms with Crippen LogP contribution in [0.25, 0.3) is 0 Å². The number of aliphatic hydroxyl groups is 9. The van der Waals surface area contributed by atoms with E-state index in [1.165, 1.54) is 12.5 Å². The van der Waals surface area contributed by atoms with Crippen molar-refractivity contribution in [3.05, 3.63) is 23.8 Å². The summed E-state index contributed by atoms with van der Waals surface area (Å²) in [5, 5.41) is 103. The number of ether oxygens (including phenoxy) is 12. The van der Waals surface area contributed by atoms with E-state index in [0.29, 0.717) is 25.7 Å². The SMILES string of the molecule is C=C(C)CCC[C@]1(C)OC(=O)C23CCC4C(=CCC5C(C)(C)C(OC6OCC(OS(=O)(=O)O)C(O)C6OC6OC(C)C(OC7OC(COS(=O)(=O)O)C(O)C(OC8OC(COS(=O)(=O)O)C(O)C(OC)C8O)C7O)C(O)C6OC6OCC(O)C(O)C6O)CC[C@]45C)[C@]2(C)CCC31. The zero-order valence-corrected chi connectivity index (χ0v) is 56.8. The van der Waals surface area contributed by atoms with E-state index in [2.05, 4.69) is 55.6 Å². The second-order valence-electron chi connectivity index (χ2n) is 28.7.